The molecule has 0 aliphatic rings. The number of nitrogens with one attached hydrogen (secondary N) is 1. The van der Waals surface area contributed by atoms with Gasteiger partial charge in [0.05, 0.1) is 0 Å². The van der Waals surface area contributed by atoms with Gasteiger partial charge in [-0.05, 0) is 12.3 Å². The first-order valence-electron chi connectivity index (χ1n) is 5.61. The standard InChI is InChI=1S/C11H20N4O/c1-9(2)3-5-13-10-7-11(15-8-14-10)16-6-4-12/h7-9H,3-6,12H2,1-2H3,(H,13,14,15). The first-order valence-corrected chi connectivity index (χ1v) is 5.61. The van der Waals surface area contributed by atoms with Gasteiger partial charge in [-0.25, -0.2) is 9.97 Å². The number of anilines is 1. The van der Waals surface area contributed by atoms with Crippen molar-refractivity contribution >= 4 is 5.82 Å². The average Bonchev–Trinajstić information content (AvgIpc) is 2.26. The molecule has 0 fully saturated rings. The van der Waals surface area contributed by atoms with E-state index in [2.05, 4.69) is 29.1 Å². The summed E-state index contributed by atoms with van der Waals surface area (Å²) in [5.41, 5.74) is 5.34. The van der Waals surface area contributed by atoms with Crippen LogP contribution in [-0.4, -0.2) is 29.7 Å². The monoisotopic (exact) mass is 224 g/mol. The molecule has 3 N–H and O–H groups in total. The Hall–Kier alpha value is -1.36. The number of aromatic nitrogens is 2. The summed E-state index contributed by atoms with van der Waals surface area (Å²) in [4.78, 5) is 8.10. The van der Waals surface area contributed by atoms with Crippen LogP contribution in [0.1, 0.15) is 20.3 Å². The molecule has 1 heterocycles. The van der Waals surface area contributed by atoms with Crippen LogP contribution in [0.15, 0.2) is 12.4 Å². The van der Waals surface area contributed by atoms with Crippen LogP contribution in [0.5, 0.6) is 5.88 Å². The van der Waals surface area contributed by atoms with Crippen molar-refractivity contribution in [3.63, 3.8) is 0 Å². The van der Waals surface area contributed by atoms with Crippen LogP contribution in [0.25, 0.3) is 0 Å². The van der Waals surface area contributed by atoms with E-state index in [1.807, 2.05) is 0 Å². The molecule has 0 saturated carbocycles. The molecule has 0 bridgehead atoms. The molecule has 16 heavy (non-hydrogen) atoms. The van der Waals surface area contributed by atoms with E-state index in [4.69, 9.17) is 10.5 Å². The zero-order valence-electron chi connectivity index (χ0n) is 9.94. The summed E-state index contributed by atoms with van der Waals surface area (Å²) in [5.74, 6) is 2.04. The van der Waals surface area contributed by atoms with E-state index in [0.717, 1.165) is 18.8 Å². The maximum absolute atomic E-state index is 5.34. The molecule has 0 saturated heterocycles. The number of rotatable bonds is 7. The molecular weight excluding hydrogens is 204 g/mol. The van der Waals surface area contributed by atoms with Gasteiger partial charge in [0, 0.05) is 19.2 Å². The van der Waals surface area contributed by atoms with Crippen molar-refractivity contribution < 1.29 is 4.74 Å². The van der Waals surface area contributed by atoms with Gasteiger partial charge in [0.25, 0.3) is 0 Å². The number of nitrogens with two attached hydrogens (primary N) is 1. The van der Waals surface area contributed by atoms with E-state index in [9.17, 15) is 0 Å². The van der Waals surface area contributed by atoms with Crippen LogP contribution in [0.4, 0.5) is 5.82 Å². The van der Waals surface area contributed by atoms with Crippen molar-refractivity contribution in [2.24, 2.45) is 11.7 Å². The van der Waals surface area contributed by atoms with Gasteiger partial charge in [-0.15, -0.1) is 0 Å². The molecule has 1 aromatic rings. The largest absolute Gasteiger partial charge is 0.476 e. The second kappa shape index (κ2) is 7.00. The summed E-state index contributed by atoms with van der Waals surface area (Å²) in [7, 11) is 0. The molecule has 0 aromatic carbocycles. The first-order chi connectivity index (χ1) is 7.72. The molecule has 5 heteroatoms. The van der Waals surface area contributed by atoms with Crippen LogP contribution in [0.2, 0.25) is 0 Å². The number of hydrogen-bond donors (Lipinski definition) is 2. The minimum absolute atomic E-state index is 0.475. The third kappa shape index (κ3) is 4.93. The molecule has 0 aliphatic heterocycles. The molecule has 0 radical (unpaired) electrons. The second-order valence-corrected chi connectivity index (χ2v) is 3.99. The highest BCUT2D eigenvalue weighted by Gasteiger charge is 1.99. The summed E-state index contributed by atoms with van der Waals surface area (Å²) in [6, 6.07) is 1.79. The fourth-order valence-corrected chi connectivity index (χ4v) is 1.17. The maximum Gasteiger partial charge on any atom is 0.218 e. The fraction of sp³-hybridized carbons (Fsp3) is 0.636. The van der Waals surface area contributed by atoms with E-state index >= 15 is 0 Å². The van der Waals surface area contributed by atoms with Crippen LogP contribution in [0.3, 0.4) is 0 Å². The molecule has 1 rings (SSSR count). The molecule has 0 aliphatic carbocycles. The van der Waals surface area contributed by atoms with Crippen LogP contribution in [-0.2, 0) is 0 Å². The van der Waals surface area contributed by atoms with Crippen molar-refractivity contribution in [3.8, 4) is 5.88 Å². The highest BCUT2D eigenvalue weighted by molar-refractivity contribution is 5.36. The Labute approximate surface area is 96.4 Å². The van der Waals surface area contributed by atoms with Crippen molar-refractivity contribution in [2.45, 2.75) is 20.3 Å². The molecular formula is C11H20N4O. The predicted octanol–water partition coefficient (Wildman–Crippen LogP) is 1.27. The molecule has 1 aromatic heterocycles. The van der Waals surface area contributed by atoms with Gasteiger partial charge in [-0.3, -0.25) is 0 Å². The average molecular weight is 224 g/mol. The van der Waals surface area contributed by atoms with Crippen molar-refractivity contribution in [3.05, 3.63) is 12.4 Å². The Balaban J connectivity index is 2.40. The minimum atomic E-state index is 0.475. The lowest BCUT2D eigenvalue weighted by atomic mass is 10.1. The summed E-state index contributed by atoms with van der Waals surface area (Å²) in [6.45, 7) is 6.25. The fourth-order valence-electron chi connectivity index (χ4n) is 1.17. The Morgan fingerprint density at radius 1 is 1.44 bits per heavy atom. The van der Waals surface area contributed by atoms with Crippen molar-refractivity contribution in [2.75, 3.05) is 25.0 Å². The molecule has 0 atom stereocenters. The normalized spacial score (nSPS) is 10.5. The third-order valence-electron chi connectivity index (χ3n) is 2.04. The highest BCUT2D eigenvalue weighted by atomic mass is 16.5. The predicted molar refractivity (Wildman–Crippen MR) is 64.5 cm³/mol. The molecule has 0 spiro atoms. The summed E-state index contributed by atoms with van der Waals surface area (Å²) in [5, 5.41) is 3.23. The van der Waals surface area contributed by atoms with Gasteiger partial charge in [0.2, 0.25) is 5.88 Å². The zero-order valence-corrected chi connectivity index (χ0v) is 9.94. The second-order valence-electron chi connectivity index (χ2n) is 3.99. The molecule has 90 valence electrons. The Kier molecular flexibility index (Phi) is 5.56. The first kappa shape index (κ1) is 12.7. The van der Waals surface area contributed by atoms with Gasteiger partial charge in [-0.2, -0.15) is 0 Å². The molecule has 5 nitrogen and oxygen atoms in total. The van der Waals surface area contributed by atoms with E-state index < -0.39 is 0 Å². The summed E-state index contributed by atoms with van der Waals surface area (Å²) >= 11 is 0. The number of ether oxygens (including phenoxy) is 1. The van der Waals surface area contributed by atoms with Crippen LogP contribution in [0, 0.1) is 5.92 Å². The highest BCUT2D eigenvalue weighted by Crippen LogP contribution is 2.11. The lowest BCUT2D eigenvalue weighted by Gasteiger charge is -2.08. The van der Waals surface area contributed by atoms with Gasteiger partial charge in [0.1, 0.15) is 18.8 Å². The lowest BCUT2D eigenvalue weighted by molar-refractivity contribution is 0.315. The van der Waals surface area contributed by atoms with E-state index in [-0.39, 0.29) is 0 Å². The SMILES string of the molecule is CC(C)CCNc1cc(OCCN)ncn1. The smallest absolute Gasteiger partial charge is 0.218 e. The van der Waals surface area contributed by atoms with Crippen LogP contribution < -0.4 is 15.8 Å². The van der Waals surface area contributed by atoms with Gasteiger partial charge >= 0.3 is 0 Å². The van der Waals surface area contributed by atoms with E-state index in [0.29, 0.717) is 24.9 Å². The van der Waals surface area contributed by atoms with E-state index in [1.165, 1.54) is 6.33 Å². The van der Waals surface area contributed by atoms with Gasteiger partial charge < -0.3 is 15.8 Å². The molecule has 0 unspecified atom stereocenters. The topological polar surface area (TPSA) is 73.1 Å². The van der Waals surface area contributed by atoms with Gasteiger partial charge in [-0.1, -0.05) is 13.8 Å². The third-order valence-corrected chi connectivity index (χ3v) is 2.04. The molecule has 0 amide bonds. The number of nitrogens with zero attached hydrogens (tertiary/aromatic N) is 2. The zero-order chi connectivity index (χ0) is 11.8. The van der Waals surface area contributed by atoms with E-state index in [1.54, 1.807) is 6.07 Å². The lowest BCUT2D eigenvalue weighted by Crippen LogP contribution is -2.12. The number of hydrogen-bond acceptors (Lipinski definition) is 5. The Bertz CT molecular complexity index is 304. The van der Waals surface area contributed by atoms with Gasteiger partial charge in [0.15, 0.2) is 0 Å². The Morgan fingerprint density at radius 2 is 2.25 bits per heavy atom. The quantitative estimate of drug-likeness (QED) is 0.729. The Morgan fingerprint density at radius 3 is 2.94 bits per heavy atom. The van der Waals surface area contributed by atoms with Crippen LogP contribution >= 0.6 is 0 Å². The minimum Gasteiger partial charge on any atom is -0.476 e. The van der Waals surface area contributed by atoms with Crippen molar-refractivity contribution in [1.29, 1.82) is 0 Å². The summed E-state index contributed by atoms with van der Waals surface area (Å²) < 4.78 is 5.31. The maximum atomic E-state index is 5.34. The summed E-state index contributed by atoms with van der Waals surface area (Å²) in [6.07, 6.45) is 2.60. The van der Waals surface area contributed by atoms with Crippen molar-refractivity contribution in [1.82, 2.24) is 9.97 Å².